The third-order valence-electron chi connectivity index (χ3n) is 2.80. The lowest BCUT2D eigenvalue weighted by Gasteiger charge is -2.17. The zero-order valence-electron chi connectivity index (χ0n) is 10.6. The molecule has 96 valence electrons. The monoisotopic (exact) mass is 264 g/mol. The van der Waals surface area contributed by atoms with E-state index in [1.807, 2.05) is 36.4 Å². The summed E-state index contributed by atoms with van der Waals surface area (Å²) in [4.78, 5) is 0. The van der Waals surface area contributed by atoms with E-state index >= 15 is 0 Å². The van der Waals surface area contributed by atoms with Crippen LogP contribution in [0.3, 0.4) is 0 Å². The summed E-state index contributed by atoms with van der Waals surface area (Å²) in [6.07, 6.45) is 0.587. The minimum Gasteiger partial charge on any atom is -0.493 e. The van der Waals surface area contributed by atoms with Crippen LogP contribution in [0.1, 0.15) is 20.3 Å². The Labute approximate surface area is 112 Å². The second-order valence-electron chi connectivity index (χ2n) is 5.00. The van der Waals surface area contributed by atoms with Gasteiger partial charge in [-0.25, -0.2) is 0 Å². The molecule has 0 bridgehead atoms. The van der Waals surface area contributed by atoms with Gasteiger partial charge in [0.05, 0.1) is 12.2 Å². The third kappa shape index (κ3) is 3.15. The zero-order valence-corrected chi connectivity index (χ0v) is 11.4. The summed E-state index contributed by atoms with van der Waals surface area (Å²) in [7, 11) is 0. The molecule has 2 aromatic carbocycles. The molecule has 0 heterocycles. The summed E-state index contributed by atoms with van der Waals surface area (Å²) >= 11 is 6.14. The summed E-state index contributed by atoms with van der Waals surface area (Å²) in [6.45, 7) is 4.03. The molecule has 18 heavy (non-hydrogen) atoms. The number of rotatable bonds is 4. The average molecular weight is 265 g/mol. The Morgan fingerprint density at radius 1 is 1.11 bits per heavy atom. The molecule has 0 radical (unpaired) electrons. The largest absolute Gasteiger partial charge is 0.493 e. The van der Waals surface area contributed by atoms with Crippen molar-refractivity contribution < 1.29 is 9.84 Å². The van der Waals surface area contributed by atoms with Crippen LogP contribution < -0.4 is 4.74 Å². The lowest BCUT2D eigenvalue weighted by molar-refractivity contribution is 0.0555. The summed E-state index contributed by atoms with van der Waals surface area (Å²) in [5.41, 5.74) is -0.706. The van der Waals surface area contributed by atoms with Crippen molar-refractivity contribution in [1.82, 2.24) is 0 Å². The molecular weight excluding hydrogens is 248 g/mol. The van der Waals surface area contributed by atoms with Gasteiger partial charge in [-0.15, -0.1) is 0 Å². The Morgan fingerprint density at radius 2 is 1.78 bits per heavy atom. The van der Waals surface area contributed by atoms with E-state index < -0.39 is 5.60 Å². The Bertz CT molecular complexity index is 544. The van der Waals surface area contributed by atoms with Crippen molar-refractivity contribution in [3.63, 3.8) is 0 Å². The minimum atomic E-state index is -0.706. The lowest BCUT2D eigenvalue weighted by atomic mass is 10.1. The number of aliphatic hydroxyl groups is 1. The van der Waals surface area contributed by atoms with Gasteiger partial charge in [-0.2, -0.15) is 0 Å². The van der Waals surface area contributed by atoms with E-state index in [1.165, 1.54) is 0 Å². The molecule has 2 nitrogen and oxygen atoms in total. The molecule has 0 aliphatic rings. The molecule has 0 saturated carbocycles. The number of halogens is 1. The third-order valence-corrected chi connectivity index (χ3v) is 3.13. The maximum Gasteiger partial charge on any atom is 0.127 e. The first-order chi connectivity index (χ1) is 8.47. The van der Waals surface area contributed by atoms with Crippen LogP contribution in [0, 0.1) is 0 Å². The van der Waals surface area contributed by atoms with Gasteiger partial charge in [0, 0.05) is 22.2 Å². The second-order valence-corrected chi connectivity index (χ2v) is 5.41. The van der Waals surface area contributed by atoms with E-state index in [1.54, 1.807) is 13.8 Å². The van der Waals surface area contributed by atoms with E-state index in [0.29, 0.717) is 13.0 Å². The van der Waals surface area contributed by atoms with E-state index in [9.17, 15) is 5.11 Å². The molecular formula is C15H17ClO2. The molecule has 1 N–H and O–H groups in total. The highest BCUT2D eigenvalue weighted by atomic mass is 35.5. The summed E-state index contributed by atoms with van der Waals surface area (Å²) in [5.74, 6) is 0.805. The predicted octanol–water partition coefficient (Wildman–Crippen LogP) is 4.03. The van der Waals surface area contributed by atoms with Gasteiger partial charge < -0.3 is 9.84 Å². The van der Waals surface area contributed by atoms with Crippen molar-refractivity contribution in [2.24, 2.45) is 0 Å². The molecule has 2 rings (SSSR count). The van der Waals surface area contributed by atoms with Gasteiger partial charge in [0.15, 0.2) is 0 Å². The van der Waals surface area contributed by atoms with E-state index in [2.05, 4.69) is 0 Å². The number of hydrogen-bond donors (Lipinski definition) is 1. The van der Waals surface area contributed by atoms with E-state index in [-0.39, 0.29) is 0 Å². The Hall–Kier alpha value is -1.25. The molecule has 0 amide bonds. The first-order valence-corrected chi connectivity index (χ1v) is 6.37. The van der Waals surface area contributed by atoms with Crippen LogP contribution in [-0.4, -0.2) is 17.3 Å². The molecule has 0 unspecified atom stereocenters. The molecule has 0 fully saturated rings. The highest BCUT2D eigenvalue weighted by Gasteiger charge is 2.13. The van der Waals surface area contributed by atoms with Crippen molar-refractivity contribution in [3.05, 3.63) is 41.4 Å². The fraction of sp³-hybridized carbons (Fsp3) is 0.333. The molecule has 3 heteroatoms. The topological polar surface area (TPSA) is 29.5 Å². The molecule has 0 aliphatic carbocycles. The standard InChI is InChI=1S/C15H17ClO2/c1-15(2,17)9-10-18-14-8-7-13(16)11-5-3-4-6-12(11)14/h3-8,17H,9-10H2,1-2H3. The van der Waals surface area contributed by atoms with Gasteiger partial charge in [0.1, 0.15) is 5.75 Å². The summed E-state index contributed by atoms with van der Waals surface area (Å²) < 4.78 is 5.73. The Kier molecular flexibility index (Phi) is 3.79. The normalized spacial score (nSPS) is 11.8. The van der Waals surface area contributed by atoms with Crippen LogP contribution >= 0.6 is 11.6 Å². The van der Waals surface area contributed by atoms with Crippen LogP contribution in [0.15, 0.2) is 36.4 Å². The summed E-state index contributed by atoms with van der Waals surface area (Å²) in [6, 6.07) is 11.6. The average Bonchev–Trinajstić information content (AvgIpc) is 2.31. The molecule has 0 spiro atoms. The van der Waals surface area contributed by atoms with Gasteiger partial charge in [0.2, 0.25) is 0 Å². The molecule has 2 aromatic rings. The maximum atomic E-state index is 9.65. The van der Waals surface area contributed by atoms with Crippen molar-refractivity contribution in [2.75, 3.05) is 6.61 Å². The van der Waals surface area contributed by atoms with Gasteiger partial charge in [-0.05, 0) is 26.0 Å². The molecule has 0 atom stereocenters. The van der Waals surface area contributed by atoms with Crippen molar-refractivity contribution in [3.8, 4) is 5.75 Å². The predicted molar refractivity (Wildman–Crippen MR) is 75.4 cm³/mol. The SMILES string of the molecule is CC(C)(O)CCOc1ccc(Cl)c2ccccc12. The first kappa shape index (κ1) is 13.2. The number of hydrogen-bond acceptors (Lipinski definition) is 2. The van der Waals surface area contributed by atoms with E-state index in [0.717, 1.165) is 21.5 Å². The number of ether oxygens (including phenoxy) is 1. The number of benzene rings is 2. The lowest BCUT2D eigenvalue weighted by Crippen LogP contribution is -2.21. The smallest absolute Gasteiger partial charge is 0.127 e. The maximum absolute atomic E-state index is 9.65. The van der Waals surface area contributed by atoms with Crippen molar-refractivity contribution in [1.29, 1.82) is 0 Å². The highest BCUT2D eigenvalue weighted by molar-refractivity contribution is 6.35. The van der Waals surface area contributed by atoms with E-state index in [4.69, 9.17) is 16.3 Å². The Balaban J connectivity index is 2.21. The van der Waals surface area contributed by atoms with Gasteiger partial charge in [-0.3, -0.25) is 0 Å². The fourth-order valence-corrected chi connectivity index (χ4v) is 2.00. The summed E-state index contributed by atoms with van der Waals surface area (Å²) in [5, 5.41) is 12.4. The van der Waals surface area contributed by atoms with Gasteiger partial charge >= 0.3 is 0 Å². The van der Waals surface area contributed by atoms with Crippen LogP contribution in [0.25, 0.3) is 10.8 Å². The number of fused-ring (bicyclic) bond motifs is 1. The molecule has 0 aliphatic heterocycles. The minimum absolute atomic E-state index is 0.481. The zero-order chi connectivity index (χ0) is 13.2. The fourth-order valence-electron chi connectivity index (χ4n) is 1.77. The second kappa shape index (κ2) is 5.17. The molecule has 0 saturated heterocycles. The van der Waals surface area contributed by atoms with Crippen molar-refractivity contribution >= 4 is 22.4 Å². The molecule has 0 aromatic heterocycles. The van der Waals surface area contributed by atoms with Crippen LogP contribution in [0.5, 0.6) is 5.75 Å². The van der Waals surface area contributed by atoms with Gasteiger partial charge in [0.25, 0.3) is 0 Å². The highest BCUT2D eigenvalue weighted by Crippen LogP contribution is 2.31. The quantitative estimate of drug-likeness (QED) is 0.903. The van der Waals surface area contributed by atoms with Crippen LogP contribution in [-0.2, 0) is 0 Å². The van der Waals surface area contributed by atoms with Crippen LogP contribution in [0.2, 0.25) is 5.02 Å². The van der Waals surface area contributed by atoms with Crippen LogP contribution in [0.4, 0.5) is 0 Å². The van der Waals surface area contributed by atoms with Gasteiger partial charge in [-0.1, -0.05) is 35.9 Å². The Morgan fingerprint density at radius 3 is 2.44 bits per heavy atom. The van der Waals surface area contributed by atoms with Crippen molar-refractivity contribution in [2.45, 2.75) is 25.9 Å². The first-order valence-electron chi connectivity index (χ1n) is 6.00.